The summed E-state index contributed by atoms with van der Waals surface area (Å²) in [6.45, 7) is 6.92. The zero-order chi connectivity index (χ0) is 16.7. The molecule has 24 heavy (non-hydrogen) atoms. The Bertz CT molecular complexity index is 612. The number of hydrogen-bond acceptors (Lipinski definition) is 3. The molecule has 0 aliphatic carbocycles. The number of thiophene rings is 1. The van der Waals surface area contributed by atoms with Gasteiger partial charge < -0.3 is 15.8 Å². The van der Waals surface area contributed by atoms with E-state index in [9.17, 15) is 0 Å². The molecule has 1 atom stereocenters. The average molecular weight is 459 g/mol. The summed E-state index contributed by atoms with van der Waals surface area (Å²) < 4.78 is 5.61. The van der Waals surface area contributed by atoms with Gasteiger partial charge in [-0.2, -0.15) is 0 Å². The first kappa shape index (κ1) is 20.8. The predicted molar refractivity (Wildman–Crippen MR) is 115 cm³/mol. The lowest BCUT2D eigenvalue weighted by Gasteiger charge is -2.11. The molecular weight excluding hydrogens is 433 g/mol. The Labute approximate surface area is 165 Å². The van der Waals surface area contributed by atoms with E-state index in [1.807, 2.05) is 38.1 Å². The van der Waals surface area contributed by atoms with Crippen molar-refractivity contribution < 1.29 is 4.74 Å². The third kappa shape index (κ3) is 7.53. The average Bonchev–Trinajstić information content (AvgIpc) is 2.99. The summed E-state index contributed by atoms with van der Waals surface area (Å²) in [5, 5.41) is 5.22. The van der Waals surface area contributed by atoms with Gasteiger partial charge in [-0.25, -0.2) is 0 Å². The quantitative estimate of drug-likeness (QED) is 0.357. The van der Waals surface area contributed by atoms with E-state index in [0.717, 1.165) is 17.9 Å². The van der Waals surface area contributed by atoms with Gasteiger partial charge in [0.05, 0.1) is 6.10 Å². The molecule has 1 aromatic carbocycles. The van der Waals surface area contributed by atoms with E-state index in [1.165, 1.54) is 4.88 Å². The summed E-state index contributed by atoms with van der Waals surface area (Å²) in [6, 6.07) is 12.0. The molecule has 0 aliphatic rings. The maximum Gasteiger partial charge on any atom is 0.193 e. The minimum Gasteiger partial charge on any atom is -0.491 e. The van der Waals surface area contributed by atoms with Gasteiger partial charge in [0.2, 0.25) is 0 Å². The largest absolute Gasteiger partial charge is 0.491 e. The van der Waals surface area contributed by atoms with Crippen molar-refractivity contribution in [1.29, 1.82) is 0 Å². The molecule has 3 N–H and O–H groups in total. The van der Waals surface area contributed by atoms with E-state index in [2.05, 4.69) is 34.7 Å². The number of halogens is 1. The van der Waals surface area contributed by atoms with Crippen LogP contribution in [0.2, 0.25) is 0 Å². The minimum atomic E-state index is 0. The highest BCUT2D eigenvalue weighted by molar-refractivity contribution is 14.0. The van der Waals surface area contributed by atoms with Crippen molar-refractivity contribution in [2.24, 2.45) is 16.6 Å². The Hall–Kier alpha value is -1.28. The molecule has 0 amide bonds. The maximum atomic E-state index is 5.96. The Balaban J connectivity index is 0.00000288. The van der Waals surface area contributed by atoms with Gasteiger partial charge >= 0.3 is 0 Å². The number of aliphatic imine (C=N–C) groups is 1. The summed E-state index contributed by atoms with van der Waals surface area (Å²) in [4.78, 5) is 5.82. The number of nitrogens with one attached hydrogen (secondary N) is 1. The second-order valence-corrected chi connectivity index (χ2v) is 6.96. The van der Waals surface area contributed by atoms with Crippen LogP contribution in [0.25, 0.3) is 0 Å². The molecule has 0 radical (unpaired) electrons. The molecule has 2 aromatic rings. The molecule has 1 aromatic heterocycles. The third-order valence-electron chi connectivity index (χ3n) is 3.20. The molecule has 132 valence electrons. The molecule has 1 unspecified atom stereocenters. The van der Waals surface area contributed by atoms with Crippen LogP contribution in [0.4, 0.5) is 5.69 Å². The highest BCUT2D eigenvalue weighted by Crippen LogP contribution is 2.17. The van der Waals surface area contributed by atoms with Crippen LogP contribution >= 0.6 is 35.3 Å². The van der Waals surface area contributed by atoms with Crippen molar-refractivity contribution in [1.82, 2.24) is 0 Å². The highest BCUT2D eigenvalue weighted by atomic mass is 127. The lowest BCUT2D eigenvalue weighted by Crippen LogP contribution is -2.23. The topological polar surface area (TPSA) is 59.6 Å². The van der Waals surface area contributed by atoms with E-state index in [4.69, 9.17) is 10.5 Å². The van der Waals surface area contributed by atoms with Gasteiger partial charge in [0, 0.05) is 17.1 Å². The lowest BCUT2D eigenvalue weighted by atomic mass is 10.1. The van der Waals surface area contributed by atoms with E-state index >= 15 is 0 Å². The fraction of sp³-hybridized carbons (Fsp3) is 0.389. The molecule has 0 aliphatic heterocycles. The van der Waals surface area contributed by atoms with Gasteiger partial charge in [-0.1, -0.05) is 13.0 Å². The van der Waals surface area contributed by atoms with Crippen LogP contribution in [0.15, 0.2) is 46.8 Å². The van der Waals surface area contributed by atoms with Crippen LogP contribution in [-0.4, -0.2) is 18.6 Å². The van der Waals surface area contributed by atoms with Crippen LogP contribution in [-0.2, 0) is 6.42 Å². The molecule has 0 saturated heterocycles. The van der Waals surface area contributed by atoms with Gasteiger partial charge in [0.15, 0.2) is 5.96 Å². The second-order valence-electron chi connectivity index (χ2n) is 5.93. The SMILES string of the molecule is CC(CN=C(N)Nc1ccc(OC(C)C)cc1)Cc1cccs1.I. The molecule has 2 rings (SSSR count). The van der Waals surface area contributed by atoms with Crippen molar-refractivity contribution in [3.05, 3.63) is 46.7 Å². The lowest BCUT2D eigenvalue weighted by molar-refractivity contribution is 0.242. The van der Waals surface area contributed by atoms with Crippen molar-refractivity contribution in [3.63, 3.8) is 0 Å². The molecule has 6 heteroatoms. The summed E-state index contributed by atoms with van der Waals surface area (Å²) in [7, 11) is 0. The fourth-order valence-corrected chi connectivity index (χ4v) is 3.04. The maximum absolute atomic E-state index is 5.96. The monoisotopic (exact) mass is 459 g/mol. The van der Waals surface area contributed by atoms with Gasteiger partial charge in [0.25, 0.3) is 0 Å². The Morgan fingerprint density at radius 2 is 1.92 bits per heavy atom. The molecule has 0 spiro atoms. The number of rotatable bonds is 7. The third-order valence-corrected chi connectivity index (χ3v) is 4.10. The summed E-state index contributed by atoms with van der Waals surface area (Å²) in [6.07, 6.45) is 1.21. The van der Waals surface area contributed by atoms with E-state index < -0.39 is 0 Å². The summed E-state index contributed by atoms with van der Waals surface area (Å²) in [5.41, 5.74) is 6.87. The molecule has 0 bridgehead atoms. The molecule has 0 fully saturated rings. The van der Waals surface area contributed by atoms with Gasteiger partial charge in [0.1, 0.15) is 5.75 Å². The van der Waals surface area contributed by atoms with Crippen molar-refractivity contribution in [2.75, 3.05) is 11.9 Å². The van der Waals surface area contributed by atoms with Gasteiger partial charge in [-0.3, -0.25) is 4.99 Å². The summed E-state index contributed by atoms with van der Waals surface area (Å²) >= 11 is 1.79. The van der Waals surface area contributed by atoms with E-state index in [0.29, 0.717) is 18.4 Å². The zero-order valence-electron chi connectivity index (χ0n) is 14.4. The number of guanidine groups is 1. The number of nitrogens with zero attached hydrogens (tertiary/aromatic N) is 1. The number of benzene rings is 1. The van der Waals surface area contributed by atoms with Crippen LogP contribution in [0, 0.1) is 5.92 Å². The van der Waals surface area contributed by atoms with Crippen molar-refractivity contribution >= 4 is 47.0 Å². The number of ether oxygens (including phenoxy) is 1. The number of anilines is 1. The Kier molecular flexibility index (Phi) is 9.13. The number of nitrogens with two attached hydrogens (primary N) is 1. The second kappa shape index (κ2) is 10.6. The van der Waals surface area contributed by atoms with Gasteiger partial charge in [-0.15, -0.1) is 35.3 Å². The van der Waals surface area contributed by atoms with Crippen LogP contribution in [0.3, 0.4) is 0 Å². The first-order chi connectivity index (χ1) is 11.0. The van der Waals surface area contributed by atoms with E-state index in [-0.39, 0.29) is 30.1 Å². The molecule has 4 nitrogen and oxygen atoms in total. The van der Waals surface area contributed by atoms with Crippen LogP contribution in [0.5, 0.6) is 5.75 Å². The first-order valence-corrected chi connectivity index (χ1v) is 8.77. The number of hydrogen-bond donors (Lipinski definition) is 2. The standard InChI is InChI=1S/C18H25N3OS.HI/c1-13(2)22-16-8-6-15(7-9-16)21-18(19)20-12-14(3)11-17-5-4-10-23-17;/h4-10,13-14H,11-12H2,1-3H3,(H3,19,20,21);1H. The molecular formula is C18H26IN3OS. The fourth-order valence-electron chi connectivity index (χ4n) is 2.17. The van der Waals surface area contributed by atoms with E-state index in [1.54, 1.807) is 11.3 Å². The highest BCUT2D eigenvalue weighted by Gasteiger charge is 2.04. The van der Waals surface area contributed by atoms with Crippen LogP contribution in [0.1, 0.15) is 25.6 Å². The Morgan fingerprint density at radius 1 is 1.21 bits per heavy atom. The first-order valence-electron chi connectivity index (χ1n) is 7.89. The van der Waals surface area contributed by atoms with Gasteiger partial charge in [-0.05, 0) is 61.9 Å². The van der Waals surface area contributed by atoms with Crippen LogP contribution < -0.4 is 15.8 Å². The molecule has 0 saturated carbocycles. The predicted octanol–water partition coefficient (Wildman–Crippen LogP) is 4.76. The van der Waals surface area contributed by atoms with Crippen molar-refractivity contribution in [2.45, 2.75) is 33.3 Å². The molecule has 1 heterocycles. The smallest absolute Gasteiger partial charge is 0.193 e. The van der Waals surface area contributed by atoms with Crippen molar-refractivity contribution in [3.8, 4) is 5.75 Å². The zero-order valence-corrected chi connectivity index (χ0v) is 17.5. The Morgan fingerprint density at radius 3 is 2.50 bits per heavy atom. The normalized spacial score (nSPS) is 12.6. The minimum absolute atomic E-state index is 0. The summed E-state index contributed by atoms with van der Waals surface area (Å²) in [5.74, 6) is 1.77.